The lowest BCUT2D eigenvalue weighted by Crippen LogP contribution is -2.28. The van der Waals surface area contributed by atoms with Crippen molar-refractivity contribution in [2.75, 3.05) is 7.05 Å². The molecule has 26 heavy (non-hydrogen) atoms. The number of sulfonamides is 1. The molecule has 0 aromatic heterocycles. The Bertz CT molecular complexity index is 922. The minimum atomic E-state index is -3.60. The maximum atomic E-state index is 12.8. The van der Waals surface area contributed by atoms with Gasteiger partial charge in [0.1, 0.15) is 0 Å². The van der Waals surface area contributed by atoms with E-state index in [-0.39, 0.29) is 16.8 Å². The molecule has 0 bridgehead atoms. The van der Waals surface area contributed by atoms with Crippen LogP contribution >= 0.6 is 15.9 Å². The third-order valence-corrected chi connectivity index (χ3v) is 6.47. The van der Waals surface area contributed by atoms with Crippen molar-refractivity contribution in [1.82, 2.24) is 9.62 Å². The maximum absolute atomic E-state index is 12.8. The first-order valence-electron chi connectivity index (χ1n) is 8.39. The molecule has 1 N–H and O–H groups in total. The van der Waals surface area contributed by atoms with Crippen LogP contribution in [0.25, 0.3) is 0 Å². The van der Waals surface area contributed by atoms with Crippen molar-refractivity contribution in [3.63, 3.8) is 0 Å². The summed E-state index contributed by atoms with van der Waals surface area (Å²) in [7, 11) is -1.89. The molecule has 5 nitrogen and oxygen atoms in total. The highest BCUT2D eigenvalue weighted by molar-refractivity contribution is 9.10. The Morgan fingerprint density at radius 1 is 1.19 bits per heavy atom. The summed E-state index contributed by atoms with van der Waals surface area (Å²) in [4.78, 5) is 14.5. The van der Waals surface area contributed by atoms with Crippen molar-refractivity contribution in [3.8, 4) is 0 Å². The first-order valence-corrected chi connectivity index (χ1v) is 10.7. The number of halogens is 1. The second-order valence-electron chi connectivity index (χ2n) is 6.68. The lowest BCUT2D eigenvalue weighted by Gasteiger charge is -2.19. The second-order valence-corrected chi connectivity index (χ2v) is 9.25. The third kappa shape index (κ3) is 4.52. The van der Waals surface area contributed by atoms with Crippen molar-refractivity contribution in [3.05, 3.63) is 63.6 Å². The largest absolute Gasteiger partial charge is 0.337 e. The van der Waals surface area contributed by atoms with Gasteiger partial charge in [-0.05, 0) is 59.5 Å². The molecular weight excluding hydrogens is 416 g/mol. The van der Waals surface area contributed by atoms with Crippen molar-refractivity contribution in [2.24, 2.45) is 0 Å². The summed E-state index contributed by atoms with van der Waals surface area (Å²) in [6.45, 7) is 2.46. The van der Waals surface area contributed by atoms with Gasteiger partial charge in [0.05, 0.1) is 10.5 Å². The van der Waals surface area contributed by atoms with Gasteiger partial charge >= 0.3 is 0 Å². The van der Waals surface area contributed by atoms with Crippen LogP contribution in [0, 0.1) is 6.92 Å². The van der Waals surface area contributed by atoms with Crippen LogP contribution in [0.2, 0.25) is 0 Å². The first kappa shape index (κ1) is 19.1. The zero-order chi connectivity index (χ0) is 18.9. The molecule has 1 fully saturated rings. The van der Waals surface area contributed by atoms with Gasteiger partial charge in [-0.25, -0.2) is 13.1 Å². The van der Waals surface area contributed by atoms with Gasteiger partial charge in [-0.2, -0.15) is 0 Å². The number of carbonyl (C=O) groups is 1. The first-order chi connectivity index (χ1) is 12.3. The van der Waals surface area contributed by atoms with Gasteiger partial charge in [0, 0.05) is 24.1 Å². The van der Waals surface area contributed by atoms with E-state index >= 15 is 0 Å². The molecule has 0 unspecified atom stereocenters. The highest BCUT2D eigenvalue weighted by Gasteiger charge is 2.29. The highest BCUT2D eigenvalue weighted by Crippen LogP contribution is 2.26. The molecule has 7 heteroatoms. The molecule has 138 valence electrons. The van der Waals surface area contributed by atoms with Gasteiger partial charge in [0.15, 0.2) is 0 Å². The molecule has 1 aliphatic carbocycles. The molecule has 0 radical (unpaired) electrons. The summed E-state index contributed by atoms with van der Waals surface area (Å²) in [5, 5.41) is 0. The summed E-state index contributed by atoms with van der Waals surface area (Å²) in [6, 6.07) is 12.5. The minimum absolute atomic E-state index is 0.0204. The van der Waals surface area contributed by atoms with Gasteiger partial charge in [0.25, 0.3) is 5.91 Å². The van der Waals surface area contributed by atoms with E-state index in [9.17, 15) is 13.2 Å². The third-order valence-electron chi connectivity index (χ3n) is 4.26. The van der Waals surface area contributed by atoms with E-state index in [0.717, 1.165) is 24.0 Å². The number of hydrogen-bond donors (Lipinski definition) is 1. The van der Waals surface area contributed by atoms with E-state index in [4.69, 9.17) is 0 Å². The molecule has 0 spiro atoms. The quantitative estimate of drug-likeness (QED) is 0.753. The predicted molar refractivity (Wildman–Crippen MR) is 104 cm³/mol. The Morgan fingerprint density at radius 3 is 2.46 bits per heavy atom. The van der Waals surface area contributed by atoms with Crippen LogP contribution in [-0.4, -0.2) is 32.3 Å². The van der Waals surface area contributed by atoms with Crippen LogP contribution in [0.15, 0.2) is 51.8 Å². The Morgan fingerprint density at radius 2 is 1.85 bits per heavy atom. The van der Waals surface area contributed by atoms with Gasteiger partial charge in [-0.3, -0.25) is 4.79 Å². The molecular formula is C19H21BrN2O3S. The molecule has 1 amide bonds. The van der Waals surface area contributed by atoms with E-state index in [1.165, 1.54) is 12.1 Å². The highest BCUT2D eigenvalue weighted by atomic mass is 79.9. The normalized spacial score (nSPS) is 14.3. The van der Waals surface area contributed by atoms with Crippen LogP contribution in [0.1, 0.15) is 34.3 Å². The fourth-order valence-corrected chi connectivity index (χ4v) is 4.32. The number of carbonyl (C=O) groups excluding carboxylic acids is 1. The van der Waals surface area contributed by atoms with Crippen molar-refractivity contribution in [1.29, 1.82) is 0 Å². The monoisotopic (exact) mass is 436 g/mol. The van der Waals surface area contributed by atoms with E-state index in [2.05, 4.69) is 20.7 Å². The predicted octanol–water partition coefficient (Wildman–Crippen LogP) is 3.47. The number of nitrogens with zero attached hydrogens (tertiary/aromatic N) is 1. The molecule has 1 aliphatic rings. The fourth-order valence-electron chi connectivity index (χ4n) is 2.57. The number of hydrogen-bond acceptors (Lipinski definition) is 3. The summed E-state index contributed by atoms with van der Waals surface area (Å²) < 4.78 is 28.0. The van der Waals surface area contributed by atoms with Crippen LogP contribution < -0.4 is 4.72 Å². The number of aryl methyl sites for hydroxylation is 1. The van der Waals surface area contributed by atoms with Crippen LogP contribution in [0.5, 0.6) is 0 Å². The molecule has 3 rings (SSSR count). The molecule has 0 saturated heterocycles. The van der Waals surface area contributed by atoms with Crippen molar-refractivity contribution >= 4 is 31.9 Å². The van der Waals surface area contributed by atoms with Gasteiger partial charge in [-0.1, -0.05) is 29.8 Å². The zero-order valence-electron chi connectivity index (χ0n) is 14.7. The second kappa shape index (κ2) is 7.50. The van der Waals surface area contributed by atoms with E-state index in [1.807, 2.05) is 31.2 Å². The summed E-state index contributed by atoms with van der Waals surface area (Å²) in [5.41, 5.74) is 2.51. The average molecular weight is 437 g/mol. The lowest BCUT2D eigenvalue weighted by atomic mass is 10.1. The van der Waals surface area contributed by atoms with Crippen molar-refractivity contribution in [2.45, 2.75) is 37.2 Å². The molecule has 0 aliphatic heterocycles. The maximum Gasteiger partial charge on any atom is 0.255 e. The van der Waals surface area contributed by atoms with Gasteiger partial charge in [0.2, 0.25) is 10.0 Å². The Balaban J connectivity index is 1.81. The number of nitrogens with one attached hydrogen (secondary N) is 1. The Labute approximate surface area is 162 Å². The zero-order valence-corrected chi connectivity index (χ0v) is 17.1. The number of rotatable bonds is 6. The molecule has 2 aromatic carbocycles. The van der Waals surface area contributed by atoms with Crippen LogP contribution in [0.3, 0.4) is 0 Å². The molecule has 1 saturated carbocycles. The number of benzene rings is 2. The summed E-state index contributed by atoms with van der Waals surface area (Å²) in [5.74, 6) is -0.235. The van der Waals surface area contributed by atoms with E-state index < -0.39 is 10.0 Å². The van der Waals surface area contributed by atoms with E-state index in [0.29, 0.717) is 16.6 Å². The molecule has 0 atom stereocenters. The summed E-state index contributed by atoms with van der Waals surface area (Å²) >= 11 is 3.36. The smallest absolute Gasteiger partial charge is 0.255 e. The Kier molecular flexibility index (Phi) is 5.50. The average Bonchev–Trinajstić information content (AvgIpc) is 3.39. The lowest BCUT2D eigenvalue weighted by molar-refractivity contribution is 0.0784. The van der Waals surface area contributed by atoms with Gasteiger partial charge in [-0.15, -0.1) is 0 Å². The minimum Gasteiger partial charge on any atom is -0.337 e. The van der Waals surface area contributed by atoms with Crippen molar-refractivity contribution < 1.29 is 13.2 Å². The standard InChI is InChI=1S/C19H21BrN2O3S/c1-13-3-5-14(6-4-13)12-22(2)19(23)17-11-16(9-10-18(17)20)26(24,25)21-15-7-8-15/h3-6,9-11,15,21H,7-8,12H2,1-2H3. The van der Waals surface area contributed by atoms with E-state index in [1.54, 1.807) is 18.0 Å². The van der Waals surface area contributed by atoms with Crippen LogP contribution in [-0.2, 0) is 16.6 Å². The topological polar surface area (TPSA) is 66.5 Å². The fraction of sp³-hybridized carbons (Fsp3) is 0.316. The van der Waals surface area contributed by atoms with Gasteiger partial charge < -0.3 is 4.90 Å². The van der Waals surface area contributed by atoms with Crippen LogP contribution in [0.4, 0.5) is 0 Å². The Hall–Kier alpha value is -1.70. The molecule has 0 heterocycles. The number of amides is 1. The summed E-state index contributed by atoms with van der Waals surface area (Å²) in [6.07, 6.45) is 1.72. The SMILES string of the molecule is Cc1ccc(CN(C)C(=O)c2cc(S(=O)(=O)NC3CC3)ccc2Br)cc1. The molecule has 2 aromatic rings.